The molecule has 2 N–H and O–H groups in total. The van der Waals surface area contributed by atoms with Crippen molar-refractivity contribution >= 4 is 15.7 Å². The van der Waals surface area contributed by atoms with Gasteiger partial charge in [0, 0.05) is 6.42 Å². The monoisotopic (exact) mass is 341 g/mol. The van der Waals surface area contributed by atoms with Crippen LogP contribution in [0, 0.1) is 5.92 Å². The van der Waals surface area contributed by atoms with Gasteiger partial charge in [-0.05, 0) is 36.6 Å². The number of ether oxygens (including phenoxy) is 1. The lowest BCUT2D eigenvalue weighted by Crippen LogP contribution is -2.31. The van der Waals surface area contributed by atoms with Crippen LogP contribution in [0.4, 0.5) is 0 Å². The van der Waals surface area contributed by atoms with E-state index in [1.165, 1.54) is 24.7 Å². The minimum Gasteiger partial charge on any atom is -0.497 e. The highest BCUT2D eigenvalue weighted by molar-refractivity contribution is 7.92. The predicted octanol–water partition coefficient (Wildman–Crippen LogP) is 2.31. The summed E-state index contributed by atoms with van der Waals surface area (Å²) in [6, 6.07) is 6.16. The van der Waals surface area contributed by atoms with E-state index in [9.17, 15) is 13.2 Å². The quantitative estimate of drug-likeness (QED) is 0.586. The fourth-order valence-corrected chi connectivity index (χ4v) is 4.94. The fraction of sp³-hybridized carbons (Fsp3) is 0.562. The van der Waals surface area contributed by atoms with E-state index in [1.807, 2.05) is 0 Å². The zero-order valence-corrected chi connectivity index (χ0v) is 14.0. The van der Waals surface area contributed by atoms with E-state index in [4.69, 9.17) is 9.94 Å². The maximum absolute atomic E-state index is 12.9. The second kappa shape index (κ2) is 7.79. The van der Waals surface area contributed by atoms with Gasteiger partial charge in [0.15, 0.2) is 9.84 Å². The molecule has 1 saturated carbocycles. The van der Waals surface area contributed by atoms with E-state index in [0.717, 1.165) is 25.7 Å². The number of rotatable bonds is 7. The van der Waals surface area contributed by atoms with Crippen molar-refractivity contribution in [3.8, 4) is 5.75 Å². The molecule has 1 aliphatic carbocycles. The first kappa shape index (κ1) is 17.7. The zero-order chi connectivity index (χ0) is 16.9. The molecule has 1 aromatic carbocycles. The van der Waals surface area contributed by atoms with Crippen molar-refractivity contribution in [3.63, 3.8) is 0 Å². The van der Waals surface area contributed by atoms with Gasteiger partial charge in [0.25, 0.3) is 0 Å². The first-order chi connectivity index (χ1) is 11.0. The summed E-state index contributed by atoms with van der Waals surface area (Å²) in [5, 5.41) is 7.91. The third-order valence-electron chi connectivity index (χ3n) is 4.44. The van der Waals surface area contributed by atoms with Gasteiger partial charge in [-0.2, -0.15) is 0 Å². The highest BCUT2D eigenvalue weighted by atomic mass is 32.2. The summed E-state index contributed by atoms with van der Waals surface area (Å²) in [6.45, 7) is 0. The van der Waals surface area contributed by atoms with Crippen molar-refractivity contribution in [2.24, 2.45) is 5.92 Å². The standard InChI is InChI=1S/C16H23NO5S/c1-22-13-6-8-14(9-7-13)23(20,21)15(11-16(18)17-19)10-12-4-2-3-5-12/h6-9,12,15,19H,2-5,10-11H2,1H3,(H,17,18). The summed E-state index contributed by atoms with van der Waals surface area (Å²) in [5.41, 5.74) is 1.54. The predicted molar refractivity (Wildman–Crippen MR) is 85.1 cm³/mol. The van der Waals surface area contributed by atoms with E-state index in [-0.39, 0.29) is 11.3 Å². The van der Waals surface area contributed by atoms with Crippen LogP contribution in [0.5, 0.6) is 5.75 Å². The van der Waals surface area contributed by atoms with Crippen molar-refractivity contribution in [1.29, 1.82) is 0 Å². The Morgan fingerprint density at radius 3 is 2.43 bits per heavy atom. The van der Waals surface area contributed by atoms with Gasteiger partial charge in [-0.1, -0.05) is 25.7 Å². The maximum atomic E-state index is 12.9. The van der Waals surface area contributed by atoms with Gasteiger partial charge in [-0.15, -0.1) is 0 Å². The van der Waals surface area contributed by atoms with E-state index in [0.29, 0.717) is 18.1 Å². The summed E-state index contributed by atoms with van der Waals surface area (Å²) < 4.78 is 30.8. The lowest BCUT2D eigenvalue weighted by atomic mass is 10.00. The summed E-state index contributed by atoms with van der Waals surface area (Å²) in [6.07, 6.45) is 4.41. The Labute approximate surface area is 136 Å². The van der Waals surface area contributed by atoms with E-state index in [2.05, 4.69) is 0 Å². The third-order valence-corrected chi connectivity index (χ3v) is 6.60. The van der Waals surface area contributed by atoms with Crippen LogP contribution in [0.2, 0.25) is 0 Å². The molecule has 0 aromatic heterocycles. The molecule has 1 unspecified atom stereocenters. The van der Waals surface area contributed by atoms with Crippen molar-refractivity contribution in [3.05, 3.63) is 24.3 Å². The summed E-state index contributed by atoms with van der Waals surface area (Å²) >= 11 is 0. The lowest BCUT2D eigenvalue weighted by molar-refractivity contribution is -0.129. The molecule has 128 valence electrons. The van der Waals surface area contributed by atoms with Crippen LogP contribution in [0.1, 0.15) is 38.5 Å². The number of hydrogen-bond acceptors (Lipinski definition) is 5. The van der Waals surface area contributed by atoms with Crippen molar-refractivity contribution in [2.75, 3.05) is 7.11 Å². The Balaban J connectivity index is 2.24. The Kier molecular flexibility index (Phi) is 6.01. The van der Waals surface area contributed by atoms with Gasteiger partial charge >= 0.3 is 0 Å². The molecule has 0 saturated heterocycles. The fourth-order valence-electron chi connectivity index (χ4n) is 3.15. The molecule has 1 amide bonds. The minimum absolute atomic E-state index is 0.173. The molecule has 0 radical (unpaired) electrons. The van der Waals surface area contributed by atoms with Crippen LogP contribution < -0.4 is 10.2 Å². The van der Waals surface area contributed by atoms with Crippen LogP contribution in [0.3, 0.4) is 0 Å². The van der Waals surface area contributed by atoms with Crippen LogP contribution in [0.25, 0.3) is 0 Å². The Morgan fingerprint density at radius 2 is 1.91 bits per heavy atom. The topological polar surface area (TPSA) is 92.7 Å². The largest absolute Gasteiger partial charge is 0.497 e. The van der Waals surface area contributed by atoms with Gasteiger partial charge in [0.05, 0.1) is 17.3 Å². The number of hydroxylamine groups is 1. The van der Waals surface area contributed by atoms with Crippen LogP contribution in [-0.4, -0.2) is 31.9 Å². The molecule has 1 aromatic rings. The van der Waals surface area contributed by atoms with E-state index in [1.54, 1.807) is 12.1 Å². The molecule has 0 heterocycles. The van der Waals surface area contributed by atoms with Crippen LogP contribution in [-0.2, 0) is 14.6 Å². The Bertz CT molecular complexity index is 620. The molecule has 7 heteroatoms. The molecule has 1 atom stereocenters. The van der Waals surface area contributed by atoms with Crippen molar-refractivity contribution in [2.45, 2.75) is 48.7 Å². The Hall–Kier alpha value is -1.60. The summed E-state index contributed by atoms with van der Waals surface area (Å²) in [7, 11) is -2.13. The molecular weight excluding hydrogens is 318 g/mol. The van der Waals surface area contributed by atoms with Crippen molar-refractivity contribution in [1.82, 2.24) is 5.48 Å². The highest BCUT2D eigenvalue weighted by Gasteiger charge is 2.32. The van der Waals surface area contributed by atoms with Gasteiger partial charge < -0.3 is 4.74 Å². The van der Waals surface area contributed by atoms with Gasteiger partial charge in [-0.3, -0.25) is 10.0 Å². The zero-order valence-electron chi connectivity index (χ0n) is 13.2. The number of hydrogen-bond donors (Lipinski definition) is 2. The molecule has 6 nitrogen and oxygen atoms in total. The van der Waals surface area contributed by atoms with E-state index >= 15 is 0 Å². The number of amides is 1. The average Bonchev–Trinajstić information content (AvgIpc) is 3.07. The van der Waals surface area contributed by atoms with Gasteiger partial charge in [0.2, 0.25) is 5.91 Å². The first-order valence-corrected chi connectivity index (χ1v) is 9.33. The number of methoxy groups -OCH3 is 1. The first-order valence-electron chi connectivity index (χ1n) is 7.78. The van der Waals surface area contributed by atoms with Crippen LogP contribution >= 0.6 is 0 Å². The summed E-state index contributed by atoms with van der Waals surface area (Å²) in [5.74, 6) is 0.217. The molecular formula is C16H23NO5S. The molecule has 2 rings (SSSR count). The SMILES string of the molecule is COc1ccc(S(=O)(=O)C(CC(=O)NO)CC2CCCC2)cc1. The minimum atomic E-state index is -3.65. The number of sulfone groups is 1. The lowest BCUT2D eigenvalue weighted by Gasteiger charge is -2.20. The molecule has 0 spiro atoms. The number of nitrogens with one attached hydrogen (secondary N) is 1. The normalized spacial score (nSPS) is 17.0. The van der Waals surface area contributed by atoms with Crippen LogP contribution in [0.15, 0.2) is 29.2 Å². The smallest absolute Gasteiger partial charge is 0.244 e. The highest BCUT2D eigenvalue weighted by Crippen LogP contribution is 2.33. The maximum Gasteiger partial charge on any atom is 0.244 e. The number of benzene rings is 1. The third kappa shape index (κ3) is 4.45. The molecule has 0 aliphatic heterocycles. The number of carbonyl (C=O) groups excluding carboxylic acids is 1. The second-order valence-electron chi connectivity index (χ2n) is 5.97. The average molecular weight is 341 g/mol. The van der Waals surface area contributed by atoms with Gasteiger partial charge in [0.1, 0.15) is 5.75 Å². The molecule has 0 bridgehead atoms. The van der Waals surface area contributed by atoms with Gasteiger partial charge in [-0.25, -0.2) is 13.9 Å². The summed E-state index contributed by atoms with van der Waals surface area (Å²) in [4.78, 5) is 11.7. The second-order valence-corrected chi connectivity index (χ2v) is 8.20. The van der Waals surface area contributed by atoms with Crippen molar-refractivity contribution < 1.29 is 23.2 Å². The molecule has 23 heavy (non-hydrogen) atoms. The molecule has 1 aliphatic rings. The Morgan fingerprint density at radius 1 is 1.30 bits per heavy atom. The molecule has 1 fully saturated rings. The van der Waals surface area contributed by atoms with E-state index < -0.39 is 21.0 Å². The number of carbonyl (C=O) groups is 1.